The lowest BCUT2D eigenvalue weighted by Gasteiger charge is -2.27. The Balaban J connectivity index is 2.09. The fraction of sp³-hybridized carbons (Fsp3) is 0.438. The third-order valence-electron chi connectivity index (χ3n) is 3.24. The molecule has 21 heavy (non-hydrogen) atoms. The van der Waals surface area contributed by atoms with Gasteiger partial charge >= 0.3 is 5.97 Å². The number of esters is 1. The summed E-state index contributed by atoms with van der Waals surface area (Å²) in [5.41, 5.74) is 1.14. The maximum Gasteiger partial charge on any atom is 0.308 e. The van der Waals surface area contributed by atoms with E-state index in [9.17, 15) is 14.4 Å². The molecule has 2 rings (SSSR count). The van der Waals surface area contributed by atoms with Crippen LogP contribution in [0.1, 0.15) is 53.5 Å². The highest BCUT2D eigenvalue weighted by Gasteiger charge is 2.32. The molecule has 1 heterocycles. The van der Waals surface area contributed by atoms with Crippen LogP contribution in [0.2, 0.25) is 0 Å². The monoisotopic (exact) mass is 289 g/mol. The van der Waals surface area contributed by atoms with Gasteiger partial charge in [-0.2, -0.15) is 0 Å². The molecule has 0 aromatic heterocycles. The minimum atomic E-state index is -0.576. The number of benzene rings is 1. The maximum absolute atomic E-state index is 12.3. The van der Waals surface area contributed by atoms with E-state index in [0.29, 0.717) is 16.7 Å². The lowest BCUT2D eigenvalue weighted by Crippen LogP contribution is -2.42. The van der Waals surface area contributed by atoms with E-state index in [1.807, 2.05) is 0 Å². The second-order valence-corrected chi connectivity index (χ2v) is 6.08. The van der Waals surface area contributed by atoms with Gasteiger partial charge in [0.15, 0.2) is 0 Å². The molecule has 0 saturated heterocycles. The first-order valence-electron chi connectivity index (χ1n) is 6.88. The third-order valence-corrected chi connectivity index (χ3v) is 3.24. The molecule has 1 aromatic rings. The Bertz CT molecular complexity index is 579. The summed E-state index contributed by atoms with van der Waals surface area (Å²) in [6, 6.07) is 5.07. The lowest BCUT2D eigenvalue weighted by molar-refractivity contribution is -0.154. The summed E-state index contributed by atoms with van der Waals surface area (Å²) < 4.78 is 5.19. The average molecular weight is 289 g/mol. The second kappa shape index (κ2) is 5.31. The zero-order chi connectivity index (χ0) is 15.8. The summed E-state index contributed by atoms with van der Waals surface area (Å²) in [4.78, 5) is 37.4. The Labute approximate surface area is 123 Å². The van der Waals surface area contributed by atoms with E-state index in [4.69, 9.17) is 4.74 Å². The summed E-state index contributed by atoms with van der Waals surface area (Å²) in [6.45, 7) is 7.11. The van der Waals surface area contributed by atoms with Crippen molar-refractivity contribution in [3.05, 3.63) is 34.9 Å². The number of imide groups is 1. The van der Waals surface area contributed by atoms with Crippen LogP contribution < -0.4 is 0 Å². The van der Waals surface area contributed by atoms with Gasteiger partial charge in [0, 0.05) is 17.7 Å². The zero-order valence-electron chi connectivity index (χ0n) is 12.7. The van der Waals surface area contributed by atoms with Crippen molar-refractivity contribution in [2.24, 2.45) is 0 Å². The molecular formula is C16H19NO4. The van der Waals surface area contributed by atoms with Crippen molar-refractivity contribution in [3.8, 4) is 0 Å². The predicted molar refractivity (Wildman–Crippen MR) is 77.0 cm³/mol. The Hall–Kier alpha value is -2.17. The van der Waals surface area contributed by atoms with Crippen LogP contribution in [0.25, 0.3) is 0 Å². The quantitative estimate of drug-likeness (QED) is 0.633. The minimum Gasteiger partial charge on any atom is -0.460 e. The van der Waals surface area contributed by atoms with Crippen molar-refractivity contribution in [2.75, 3.05) is 6.54 Å². The first-order chi connectivity index (χ1) is 9.70. The van der Waals surface area contributed by atoms with Crippen molar-refractivity contribution < 1.29 is 19.1 Å². The number of nitrogens with zero attached hydrogens (tertiary/aromatic N) is 1. The molecule has 0 radical (unpaired) electrons. The molecule has 5 nitrogen and oxygen atoms in total. The van der Waals surface area contributed by atoms with Gasteiger partial charge in [0.2, 0.25) is 0 Å². The van der Waals surface area contributed by atoms with E-state index in [0.717, 1.165) is 4.90 Å². The van der Waals surface area contributed by atoms with Crippen LogP contribution in [0.4, 0.5) is 0 Å². The molecule has 112 valence electrons. The third kappa shape index (κ3) is 3.12. The maximum atomic E-state index is 12.3. The fourth-order valence-electron chi connectivity index (χ4n) is 2.28. The minimum absolute atomic E-state index is 0.00191. The Morgan fingerprint density at radius 1 is 1.14 bits per heavy atom. The first kappa shape index (κ1) is 15.2. The highest BCUT2D eigenvalue weighted by molar-refractivity contribution is 6.16. The standard InChI is InChI=1S/C16H19NO4/c1-10-11-6-5-7-12(10)15(20)17(14(11)19)9-8-13(18)21-16(2,3)4/h5-7H,8-9H2,1-4H3. The van der Waals surface area contributed by atoms with E-state index >= 15 is 0 Å². The van der Waals surface area contributed by atoms with Crippen LogP contribution in [0.3, 0.4) is 0 Å². The summed E-state index contributed by atoms with van der Waals surface area (Å²) in [5, 5.41) is 0. The van der Waals surface area contributed by atoms with Gasteiger partial charge in [-0.05, 0) is 45.4 Å². The van der Waals surface area contributed by atoms with Gasteiger partial charge < -0.3 is 4.74 Å². The van der Waals surface area contributed by atoms with Gasteiger partial charge in [0.1, 0.15) is 5.60 Å². The van der Waals surface area contributed by atoms with Gasteiger partial charge in [-0.1, -0.05) is 6.07 Å². The van der Waals surface area contributed by atoms with Gasteiger partial charge in [-0.3, -0.25) is 19.3 Å². The molecule has 2 bridgehead atoms. The van der Waals surface area contributed by atoms with Gasteiger partial charge in [0.25, 0.3) is 11.8 Å². The molecule has 0 fully saturated rings. The van der Waals surface area contributed by atoms with Crippen LogP contribution in [0.15, 0.2) is 18.2 Å². The predicted octanol–water partition coefficient (Wildman–Crippen LogP) is 2.32. The second-order valence-electron chi connectivity index (χ2n) is 6.08. The normalized spacial score (nSPS) is 14.4. The molecule has 5 heteroatoms. The van der Waals surface area contributed by atoms with Crippen molar-refractivity contribution in [1.29, 1.82) is 0 Å². The number of fused-ring (bicyclic) bond motifs is 2. The smallest absolute Gasteiger partial charge is 0.308 e. The zero-order valence-corrected chi connectivity index (χ0v) is 12.7. The summed E-state index contributed by atoms with van der Waals surface area (Å²) in [7, 11) is 0. The highest BCUT2D eigenvalue weighted by atomic mass is 16.6. The number of hydrogen-bond donors (Lipinski definition) is 0. The van der Waals surface area contributed by atoms with E-state index in [2.05, 4.69) is 0 Å². The Morgan fingerprint density at radius 3 is 2.14 bits per heavy atom. The number of amides is 2. The van der Waals surface area contributed by atoms with Crippen LogP contribution in [-0.4, -0.2) is 34.8 Å². The summed E-state index contributed by atoms with van der Waals surface area (Å²) >= 11 is 0. The molecule has 0 saturated carbocycles. The Morgan fingerprint density at radius 2 is 1.67 bits per heavy atom. The average Bonchev–Trinajstić information content (AvgIpc) is 2.34. The number of ether oxygens (including phenoxy) is 1. The van der Waals surface area contributed by atoms with Gasteiger partial charge in [0.05, 0.1) is 6.42 Å². The highest BCUT2D eigenvalue weighted by Crippen LogP contribution is 2.24. The SMILES string of the molecule is Cc1c2cccc1C(=O)N(CCC(=O)OC(C)(C)C)C2=O. The number of carbonyl (C=O) groups is 3. The van der Waals surface area contributed by atoms with Gasteiger partial charge in [-0.15, -0.1) is 0 Å². The van der Waals surface area contributed by atoms with E-state index < -0.39 is 11.6 Å². The molecule has 0 atom stereocenters. The fourth-order valence-corrected chi connectivity index (χ4v) is 2.28. The number of carbonyl (C=O) groups excluding carboxylic acids is 3. The number of hydrogen-bond acceptors (Lipinski definition) is 4. The molecule has 1 aromatic carbocycles. The van der Waals surface area contributed by atoms with Gasteiger partial charge in [-0.25, -0.2) is 0 Å². The molecule has 0 aliphatic carbocycles. The van der Waals surface area contributed by atoms with E-state index in [1.54, 1.807) is 45.9 Å². The van der Waals surface area contributed by atoms with E-state index in [1.165, 1.54) is 0 Å². The van der Waals surface area contributed by atoms with Crippen molar-refractivity contribution in [2.45, 2.75) is 39.7 Å². The molecule has 1 aliphatic heterocycles. The molecule has 0 spiro atoms. The molecular weight excluding hydrogens is 270 g/mol. The van der Waals surface area contributed by atoms with Crippen molar-refractivity contribution in [1.82, 2.24) is 4.90 Å². The van der Waals surface area contributed by atoms with Crippen LogP contribution >= 0.6 is 0 Å². The van der Waals surface area contributed by atoms with Crippen molar-refractivity contribution >= 4 is 17.8 Å². The molecule has 0 N–H and O–H groups in total. The largest absolute Gasteiger partial charge is 0.460 e. The number of rotatable bonds is 3. The first-order valence-corrected chi connectivity index (χ1v) is 6.88. The van der Waals surface area contributed by atoms with Crippen LogP contribution in [0, 0.1) is 6.92 Å². The van der Waals surface area contributed by atoms with Crippen LogP contribution in [0.5, 0.6) is 0 Å². The van der Waals surface area contributed by atoms with Crippen molar-refractivity contribution in [3.63, 3.8) is 0 Å². The van der Waals surface area contributed by atoms with Crippen LogP contribution in [-0.2, 0) is 9.53 Å². The summed E-state index contributed by atoms with van der Waals surface area (Å²) in [6.07, 6.45) is -0.00191. The topological polar surface area (TPSA) is 63.7 Å². The summed E-state index contributed by atoms with van der Waals surface area (Å²) in [5.74, 6) is -1.13. The molecule has 1 aliphatic rings. The lowest BCUT2D eigenvalue weighted by atomic mass is 9.96. The molecule has 0 unspecified atom stereocenters. The van der Waals surface area contributed by atoms with E-state index in [-0.39, 0.29) is 24.8 Å². The Kier molecular flexibility index (Phi) is 3.85. The molecule has 2 amide bonds.